The van der Waals surface area contributed by atoms with E-state index in [-0.39, 0.29) is 5.84 Å². The lowest BCUT2D eigenvalue weighted by Gasteiger charge is -2.18. The molecule has 1 heterocycles. The largest absolute Gasteiger partial charge is 0.387 e. The summed E-state index contributed by atoms with van der Waals surface area (Å²) >= 11 is 1.74. The molecule has 0 atom stereocenters. The molecule has 0 saturated carbocycles. The van der Waals surface area contributed by atoms with E-state index in [0.717, 1.165) is 13.1 Å². The highest BCUT2D eigenvalue weighted by Gasteiger charge is 2.04. The van der Waals surface area contributed by atoms with Gasteiger partial charge in [0.2, 0.25) is 0 Å². The van der Waals surface area contributed by atoms with Gasteiger partial charge < -0.3 is 5.73 Å². The molecular formula is C9H15N3S. The minimum atomic E-state index is 0.235. The van der Waals surface area contributed by atoms with Gasteiger partial charge in [-0.3, -0.25) is 10.3 Å². The highest BCUT2D eigenvalue weighted by molar-refractivity contribution is 7.09. The first-order chi connectivity index (χ1) is 6.22. The fraction of sp³-hybridized carbons (Fsp3) is 0.444. The van der Waals surface area contributed by atoms with E-state index in [1.165, 1.54) is 4.88 Å². The Balaban J connectivity index is 2.45. The molecule has 0 spiro atoms. The van der Waals surface area contributed by atoms with Gasteiger partial charge >= 0.3 is 0 Å². The minimum Gasteiger partial charge on any atom is -0.387 e. The summed E-state index contributed by atoms with van der Waals surface area (Å²) < 4.78 is 0. The third-order valence-electron chi connectivity index (χ3n) is 1.80. The maximum absolute atomic E-state index is 7.20. The molecule has 0 aliphatic heterocycles. The second kappa shape index (κ2) is 4.99. The Morgan fingerprint density at radius 1 is 1.69 bits per heavy atom. The van der Waals surface area contributed by atoms with Crippen LogP contribution >= 0.6 is 11.3 Å². The van der Waals surface area contributed by atoms with Crippen molar-refractivity contribution in [2.75, 3.05) is 13.1 Å². The van der Waals surface area contributed by atoms with Gasteiger partial charge in [0, 0.05) is 11.4 Å². The van der Waals surface area contributed by atoms with Crippen LogP contribution in [0, 0.1) is 5.41 Å². The number of hydrogen-bond donors (Lipinski definition) is 2. The molecule has 0 fully saturated rings. The highest BCUT2D eigenvalue weighted by Crippen LogP contribution is 2.11. The number of thiophene rings is 1. The van der Waals surface area contributed by atoms with Crippen LogP contribution in [-0.2, 0) is 6.54 Å². The summed E-state index contributed by atoms with van der Waals surface area (Å²) in [5.41, 5.74) is 5.34. The number of nitrogens with zero attached hydrogens (tertiary/aromatic N) is 1. The molecule has 1 aromatic rings. The van der Waals surface area contributed by atoms with Crippen molar-refractivity contribution in [1.82, 2.24) is 4.90 Å². The molecular weight excluding hydrogens is 182 g/mol. The topological polar surface area (TPSA) is 53.1 Å². The average Bonchev–Trinajstić information content (AvgIpc) is 2.55. The second-order valence-electron chi connectivity index (χ2n) is 2.91. The molecule has 3 N–H and O–H groups in total. The van der Waals surface area contributed by atoms with Crippen LogP contribution in [0.15, 0.2) is 17.5 Å². The quantitative estimate of drug-likeness (QED) is 0.555. The fourth-order valence-corrected chi connectivity index (χ4v) is 1.89. The standard InChI is InChI=1S/C9H15N3S/c1-2-12(7-9(10)11)6-8-4-3-5-13-8/h3-5H,2,6-7H2,1H3,(H3,10,11). The molecule has 1 aromatic heterocycles. The first kappa shape index (κ1) is 10.2. The number of nitrogens with one attached hydrogen (secondary N) is 1. The predicted molar refractivity (Wildman–Crippen MR) is 57.2 cm³/mol. The normalized spacial score (nSPS) is 10.6. The zero-order chi connectivity index (χ0) is 9.68. The first-order valence-corrected chi connectivity index (χ1v) is 5.18. The molecule has 13 heavy (non-hydrogen) atoms. The zero-order valence-electron chi connectivity index (χ0n) is 7.79. The summed E-state index contributed by atoms with van der Waals surface area (Å²) in [7, 11) is 0. The third kappa shape index (κ3) is 3.57. The van der Waals surface area contributed by atoms with E-state index in [9.17, 15) is 0 Å². The van der Waals surface area contributed by atoms with Crippen LogP contribution in [0.25, 0.3) is 0 Å². The Labute approximate surface area is 82.7 Å². The third-order valence-corrected chi connectivity index (χ3v) is 2.66. The molecule has 0 saturated heterocycles. The van der Waals surface area contributed by atoms with E-state index in [4.69, 9.17) is 11.1 Å². The SMILES string of the molecule is CCN(CC(=N)N)Cc1cccs1. The lowest BCUT2D eigenvalue weighted by atomic mass is 10.4. The van der Waals surface area contributed by atoms with E-state index in [0.29, 0.717) is 6.54 Å². The molecule has 0 aliphatic carbocycles. The van der Waals surface area contributed by atoms with Crippen molar-refractivity contribution in [2.45, 2.75) is 13.5 Å². The number of nitrogens with two attached hydrogens (primary N) is 1. The van der Waals surface area contributed by atoms with Gasteiger partial charge in [0.1, 0.15) is 5.84 Å². The first-order valence-electron chi connectivity index (χ1n) is 4.30. The van der Waals surface area contributed by atoms with Crippen LogP contribution < -0.4 is 5.73 Å². The lowest BCUT2D eigenvalue weighted by molar-refractivity contribution is 0.322. The molecule has 0 radical (unpaired) electrons. The second-order valence-corrected chi connectivity index (χ2v) is 3.94. The van der Waals surface area contributed by atoms with Crippen LogP contribution in [0.5, 0.6) is 0 Å². The van der Waals surface area contributed by atoms with Gasteiger partial charge in [-0.05, 0) is 18.0 Å². The molecule has 4 heteroatoms. The Kier molecular flexibility index (Phi) is 3.92. The number of hydrogen-bond acceptors (Lipinski definition) is 3. The van der Waals surface area contributed by atoms with E-state index in [2.05, 4.69) is 23.3 Å². The van der Waals surface area contributed by atoms with E-state index in [1.54, 1.807) is 11.3 Å². The monoisotopic (exact) mass is 197 g/mol. The number of rotatable bonds is 5. The van der Waals surface area contributed by atoms with Gasteiger partial charge in [0.15, 0.2) is 0 Å². The van der Waals surface area contributed by atoms with Crippen molar-refractivity contribution in [1.29, 1.82) is 5.41 Å². The van der Waals surface area contributed by atoms with E-state index in [1.807, 2.05) is 6.07 Å². The smallest absolute Gasteiger partial charge is 0.105 e. The van der Waals surface area contributed by atoms with Gasteiger partial charge in [0.05, 0.1) is 6.54 Å². The Morgan fingerprint density at radius 3 is 2.92 bits per heavy atom. The van der Waals surface area contributed by atoms with E-state index < -0.39 is 0 Å². The molecule has 72 valence electrons. The van der Waals surface area contributed by atoms with Crippen LogP contribution in [0.4, 0.5) is 0 Å². The van der Waals surface area contributed by atoms with Gasteiger partial charge in [0.25, 0.3) is 0 Å². The lowest BCUT2D eigenvalue weighted by Crippen LogP contribution is -2.32. The van der Waals surface area contributed by atoms with Gasteiger partial charge in [-0.2, -0.15) is 0 Å². The Hall–Kier alpha value is -0.870. The van der Waals surface area contributed by atoms with E-state index >= 15 is 0 Å². The summed E-state index contributed by atoms with van der Waals surface area (Å²) in [5.74, 6) is 0.235. The van der Waals surface area contributed by atoms with Gasteiger partial charge in [-0.25, -0.2) is 0 Å². The molecule has 1 rings (SSSR count). The van der Waals surface area contributed by atoms with Crippen molar-refractivity contribution in [2.24, 2.45) is 5.73 Å². The summed E-state index contributed by atoms with van der Waals surface area (Å²) in [6.45, 7) is 4.47. The molecule has 0 amide bonds. The van der Waals surface area contributed by atoms with Crippen molar-refractivity contribution >= 4 is 17.2 Å². The summed E-state index contributed by atoms with van der Waals surface area (Å²) in [5, 5.41) is 9.26. The van der Waals surface area contributed by atoms with Crippen LogP contribution in [-0.4, -0.2) is 23.8 Å². The maximum atomic E-state index is 7.20. The van der Waals surface area contributed by atoms with Crippen LogP contribution in [0.2, 0.25) is 0 Å². The zero-order valence-corrected chi connectivity index (χ0v) is 8.60. The molecule has 0 unspecified atom stereocenters. The van der Waals surface area contributed by atoms with Crippen molar-refractivity contribution < 1.29 is 0 Å². The average molecular weight is 197 g/mol. The number of likely N-dealkylation sites (N-methyl/N-ethyl adjacent to an activating group) is 1. The number of amidine groups is 1. The fourth-order valence-electron chi connectivity index (χ4n) is 1.14. The molecule has 3 nitrogen and oxygen atoms in total. The van der Waals surface area contributed by atoms with Crippen LogP contribution in [0.3, 0.4) is 0 Å². The summed E-state index contributed by atoms with van der Waals surface area (Å²) in [6.07, 6.45) is 0. The highest BCUT2D eigenvalue weighted by atomic mass is 32.1. The Morgan fingerprint density at radius 2 is 2.46 bits per heavy atom. The van der Waals surface area contributed by atoms with Crippen molar-refractivity contribution in [3.05, 3.63) is 22.4 Å². The summed E-state index contributed by atoms with van der Waals surface area (Å²) in [4.78, 5) is 3.47. The summed E-state index contributed by atoms with van der Waals surface area (Å²) in [6, 6.07) is 4.15. The Bertz CT molecular complexity index is 256. The minimum absolute atomic E-state index is 0.235. The van der Waals surface area contributed by atoms with Gasteiger partial charge in [-0.15, -0.1) is 11.3 Å². The van der Waals surface area contributed by atoms with Crippen molar-refractivity contribution in [3.8, 4) is 0 Å². The molecule has 0 bridgehead atoms. The van der Waals surface area contributed by atoms with Gasteiger partial charge in [-0.1, -0.05) is 13.0 Å². The van der Waals surface area contributed by atoms with Crippen LogP contribution in [0.1, 0.15) is 11.8 Å². The predicted octanol–water partition coefficient (Wildman–Crippen LogP) is 1.51. The van der Waals surface area contributed by atoms with Crippen molar-refractivity contribution in [3.63, 3.8) is 0 Å². The molecule has 0 aliphatic rings. The molecule has 0 aromatic carbocycles. The maximum Gasteiger partial charge on any atom is 0.105 e.